The minimum absolute atomic E-state index is 0.338. The largest absolute Gasteiger partial charge is 0.441 e. The van der Waals surface area contributed by atoms with Crippen LogP contribution >= 0.6 is 11.6 Å². The summed E-state index contributed by atoms with van der Waals surface area (Å²) in [7, 11) is 0. The van der Waals surface area contributed by atoms with Gasteiger partial charge in [-0.05, 0) is 6.92 Å². The van der Waals surface area contributed by atoms with E-state index in [0.29, 0.717) is 16.8 Å². The molecule has 2 heterocycles. The third-order valence-electron chi connectivity index (χ3n) is 2.17. The maximum atomic E-state index is 5.76. The van der Waals surface area contributed by atoms with Crippen LogP contribution in [-0.2, 0) is 0 Å². The molecule has 0 bridgehead atoms. The van der Waals surface area contributed by atoms with Crippen LogP contribution in [0.25, 0.3) is 11.2 Å². The summed E-state index contributed by atoms with van der Waals surface area (Å²) in [5, 5.41) is 0.400. The molecular formula is C12H17ClN2O. The van der Waals surface area contributed by atoms with E-state index in [-0.39, 0.29) is 0 Å². The lowest BCUT2D eigenvalue weighted by Gasteiger charge is -1.99. The number of halogens is 1. The molecule has 16 heavy (non-hydrogen) atoms. The molecule has 88 valence electrons. The maximum absolute atomic E-state index is 5.76. The normalized spacial score (nSPS) is 10.4. The molecule has 0 radical (unpaired) electrons. The van der Waals surface area contributed by atoms with Gasteiger partial charge in [0.15, 0.2) is 0 Å². The molecule has 0 N–H and O–H groups in total. The second kappa shape index (κ2) is 5.30. The predicted molar refractivity (Wildman–Crippen MR) is 67.0 cm³/mol. The third-order valence-corrected chi connectivity index (χ3v) is 2.35. The molecule has 0 fully saturated rings. The van der Waals surface area contributed by atoms with E-state index >= 15 is 0 Å². The fourth-order valence-corrected chi connectivity index (χ4v) is 1.66. The van der Waals surface area contributed by atoms with Gasteiger partial charge in [0, 0.05) is 11.5 Å². The molecule has 2 aromatic rings. The Kier molecular flexibility index (Phi) is 4.30. The molecule has 2 rings (SSSR count). The highest BCUT2D eigenvalue weighted by Gasteiger charge is 2.15. The second-order valence-electron chi connectivity index (χ2n) is 3.59. The summed E-state index contributed by atoms with van der Waals surface area (Å²) in [4.78, 5) is 8.27. The number of rotatable bonds is 1. The summed E-state index contributed by atoms with van der Waals surface area (Å²) in [6.07, 6.45) is 1.50. The second-order valence-corrected chi connectivity index (χ2v) is 3.98. The zero-order valence-electron chi connectivity index (χ0n) is 10.3. The minimum atomic E-state index is 0.338. The van der Waals surface area contributed by atoms with E-state index in [0.717, 1.165) is 16.8 Å². The standard InChI is InChI=1S/C10H11ClN2O.C2H6/c1-5(2)9-6(3)8-10(14-9)12-4-7(11)13-8;1-2/h4-5H,1-3H3;1-2H3. The first-order chi connectivity index (χ1) is 7.59. The Bertz CT molecular complexity index is 477. The fourth-order valence-electron chi connectivity index (χ4n) is 1.52. The van der Waals surface area contributed by atoms with Gasteiger partial charge in [-0.15, -0.1) is 0 Å². The molecule has 4 heteroatoms. The Labute approximate surface area is 101 Å². The van der Waals surface area contributed by atoms with Gasteiger partial charge in [-0.1, -0.05) is 39.3 Å². The lowest BCUT2D eigenvalue weighted by Crippen LogP contribution is -1.86. The fraction of sp³-hybridized carbons (Fsp3) is 0.500. The van der Waals surface area contributed by atoms with Crippen molar-refractivity contribution >= 4 is 22.8 Å². The Morgan fingerprint density at radius 2 is 1.94 bits per heavy atom. The summed E-state index contributed by atoms with van der Waals surface area (Å²) in [6.45, 7) is 10.1. The molecular weight excluding hydrogens is 224 g/mol. The van der Waals surface area contributed by atoms with Gasteiger partial charge in [-0.25, -0.2) is 9.97 Å². The Hall–Kier alpha value is -1.09. The van der Waals surface area contributed by atoms with Gasteiger partial charge < -0.3 is 4.42 Å². The number of hydrogen-bond donors (Lipinski definition) is 0. The molecule has 0 atom stereocenters. The van der Waals surface area contributed by atoms with Crippen LogP contribution in [0.3, 0.4) is 0 Å². The lowest BCUT2D eigenvalue weighted by atomic mass is 10.1. The molecule has 2 aromatic heterocycles. The molecule has 0 aromatic carbocycles. The Morgan fingerprint density at radius 1 is 1.31 bits per heavy atom. The van der Waals surface area contributed by atoms with Crippen LogP contribution in [0.4, 0.5) is 0 Å². The molecule has 0 amide bonds. The van der Waals surface area contributed by atoms with Crippen molar-refractivity contribution in [2.45, 2.75) is 40.5 Å². The molecule has 0 aliphatic carbocycles. The van der Waals surface area contributed by atoms with Crippen molar-refractivity contribution in [1.82, 2.24) is 9.97 Å². The van der Waals surface area contributed by atoms with Crippen LogP contribution in [0.1, 0.15) is 44.9 Å². The van der Waals surface area contributed by atoms with Gasteiger partial charge in [-0.2, -0.15) is 0 Å². The van der Waals surface area contributed by atoms with E-state index in [1.807, 2.05) is 20.8 Å². The Morgan fingerprint density at radius 3 is 2.50 bits per heavy atom. The van der Waals surface area contributed by atoms with Crippen LogP contribution in [0.15, 0.2) is 10.6 Å². The monoisotopic (exact) mass is 240 g/mol. The SMILES string of the molecule is CC.Cc1c(C(C)C)oc2ncc(Cl)nc12. The first-order valence-electron chi connectivity index (χ1n) is 5.51. The van der Waals surface area contributed by atoms with Crippen molar-refractivity contribution in [2.24, 2.45) is 0 Å². The minimum Gasteiger partial charge on any atom is -0.441 e. The summed E-state index contributed by atoms with van der Waals surface area (Å²) >= 11 is 5.76. The van der Waals surface area contributed by atoms with Gasteiger partial charge in [-0.3, -0.25) is 0 Å². The molecule has 0 spiro atoms. The highest BCUT2D eigenvalue weighted by molar-refractivity contribution is 6.29. The van der Waals surface area contributed by atoms with Crippen molar-refractivity contribution < 1.29 is 4.42 Å². The van der Waals surface area contributed by atoms with Gasteiger partial charge in [0.05, 0.1) is 6.20 Å². The highest BCUT2D eigenvalue weighted by atomic mass is 35.5. The molecule has 0 saturated carbocycles. The number of fused-ring (bicyclic) bond motifs is 1. The third kappa shape index (κ3) is 2.35. The average Bonchev–Trinajstić information content (AvgIpc) is 2.59. The van der Waals surface area contributed by atoms with E-state index in [9.17, 15) is 0 Å². The van der Waals surface area contributed by atoms with Crippen molar-refractivity contribution in [3.05, 3.63) is 22.7 Å². The number of aryl methyl sites for hydroxylation is 1. The zero-order chi connectivity index (χ0) is 12.3. The van der Waals surface area contributed by atoms with E-state index < -0.39 is 0 Å². The van der Waals surface area contributed by atoms with Gasteiger partial charge in [0.25, 0.3) is 0 Å². The van der Waals surface area contributed by atoms with Gasteiger partial charge >= 0.3 is 0 Å². The van der Waals surface area contributed by atoms with Crippen molar-refractivity contribution in [3.63, 3.8) is 0 Å². The smallest absolute Gasteiger partial charge is 0.245 e. The van der Waals surface area contributed by atoms with E-state index in [2.05, 4.69) is 23.8 Å². The molecule has 0 aliphatic heterocycles. The number of hydrogen-bond acceptors (Lipinski definition) is 3. The number of furan rings is 1. The topological polar surface area (TPSA) is 38.9 Å². The highest BCUT2D eigenvalue weighted by Crippen LogP contribution is 2.28. The predicted octanol–water partition coefficient (Wildman–Crippen LogP) is 4.33. The lowest BCUT2D eigenvalue weighted by molar-refractivity contribution is 0.510. The number of aromatic nitrogens is 2. The van der Waals surface area contributed by atoms with Crippen LogP contribution < -0.4 is 0 Å². The van der Waals surface area contributed by atoms with Crippen molar-refractivity contribution in [1.29, 1.82) is 0 Å². The van der Waals surface area contributed by atoms with Gasteiger partial charge in [0.1, 0.15) is 16.4 Å². The molecule has 3 nitrogen and oxygen atoms in total. The van der Waals surface area contributed by atoms with Crippen LogP contribution in [0.2, 0.25) is 5.15 Å². The van der Waals surface area contributed by atoms with Crippen LogP contribution in [0, 0.1) is 6.92 Å². The quantitative estimate of drug-likeness (QED) is 0.745. The number of nitrogens with zero attached hydrogens (tertiary/aromatic N) is 2. The van der Waals surface area contributed by atoms with Crippen LogP contribution in [-0.4, -0.2) is 9.97 Å². The first-order valence-corrected chi connectivity index (χ1v) is 5.89. The van der Waals surface area contributed by atoms with Crippen molar-refractivity contribution in [2.75, 3.05) is 0 Å². The van der Waals surface area contributed by atoms with Crippen LogP contribution in [0.5, 0.6) is 0 Å². The average molecular weight is 241 g/mol. The van der Waals surface area contributed by atoms with Crippen molar-refractivity contribution in [3.8, 4) is 0 Å². The van der Waals surface area contributed by atoms with E-state index in [1.165, 1.54) is 6.20 Å². The molecule has 0 aliphatic rings. The summed E-state index contributed by atoms with van der Waals surface area (Å²) in [5.41, 5.74) is 2.36. The molecule has 0 unspecified atom stereocenters. The Balaban J connectivity index is 0.000000606. The van der Waals surface area contributed by atoms with E-state index in [4.69, 9.17) is 16.0 Å². The van der Waals surface area contributed by atoms with E-state index in [1.54, 1.807) is 0 Å². The summed E-state index contributed by atoms with van der Waals surface area (Å²) in [5.74, 6) is 1.27. The first kappa shape index (κ1) is 13.0. The molecule has 0 saturated heterocycles. The maximum Gasteiger partial charge on any atom is 0.245 e. The zero-order valence-corrected chi connectivity index (χ0v) is 11.1. The summed E-state index contributed by atoms with van der Waals surface area (Å²) in [6, 6.07) is 0. The summed E-state index contributed by atoms with van der Waals surface area (Å²) < 4.78 is 5.58. The van der Waals surface area contributed by atoms with Gasteiger partial charge in [0.2, 0.25) is 5.71 Å².